The van der Waals surface area contributed by atoms with Crippen molar-refractivity contribution >= 4 is 110 Å². The van der Waals surface area contributed by atoms with Crippen LogP contribution in [0, 0.1) is 0 Å². The molecule has 4 N–H and O–H groups in total. The molecule has 0 aromatic carbocycles. The van der Waals surface area contributed by atoms with E-state index in [1.165, 1.54) is 0 Å². The summed E-state index contributed by atoms with van der Waals surface area (Å²) < 4.78 is 0. The normalized spacial score (nSPS) is 0. The van der Waals surface area contributed by atoms with Crippen LogP contribution >= 0.6 is 12.4 Å². The maximum absolute atomic E-state index is 0. The Labute approximate surface area is 118 Å². The average Bonchev–Trinajstić information content (AvgIpc) is 0. The summed E-state index contributed by atoms with van der Waals surface area (Å²) in [4.78, 5) is 0. The second-order valence-electron chi connectivity index (χ2n) is 0. The van der Waals surface area contributed by atoms with Crippen molar-refractivity contribution in [3.8, 4) is 0 Å². The molecule has 0 amide bonds. The summed E-state index contributed by atoms with van der Waals surface area (Å²) in [6.07, 6.45) is 0. The zero-order chi connectivity index (χ0) is 0. The van der Waals surface area contributed by atoms with Crippen LogP contribution in [0.2, 0.25) is 0 Å². The molecule has 5 heavy (non-hydrogen) atoms. The van der Waals surface area contributed by atoms with Crippen molar-refractivity contribution in [3.05, 3.63) is 0 Å². The van der Waals surface area contributed by atoms with Crippen LogP contribution in [0.15, 0.2) is 0 Å². The predicted molar refractivity (Wildman–Crippen MR) is 31.6 cm³/mol. The zero-order valence-corrected chi connectivity index (χ0v) is 2.22. The second-order valence-corrected chi connectivity index (χ2v) is 0. The van der Waals surface area contributed by atoms with E-state index >= 15 is 0 Å². The van der Waals surface area contributed by atoms with E-state index in [4.69, 9.17) is 0 Å². The van der Waals surface area contributed by atoms with Gasteiger partial charge in [0, 0.05) is 0 Å². The van der Waals surface area contributed by atoms with E-state index < -0.39 is 0 Å². The fourth-order valence-corrected chi connectivity index (χ4v) is 0. The van der Waals surface area contributed by atoms with E-state index in [0.717, 1.165) is 0 Å². The van der Waals surface area contributed by atoms with Gasteiger partial charge in [0.2, 0.25) is 0 Å². The van der Waals surface area contributed by atoms with Gasteiger partial charge >= 0.3 is 97.8 Å². The Morgan fingerprint density at radius 2 is 0.600 bits per heavy atom. The first-order valence-corrected chi connectivity index (χ1v) is 0. The van der Waals surface area contributed by atoms with Crippen LogP contribution in [0.4, 0.5) is 0 Å². The van der Waals surface area contributed by atoms with E-state index in [2.05, 4.69) is 0 Å². The molecule has 0 radical (unpaired) electrons. The molecule has 0 bridgehead atoms. The molecule has 0 aromatic rings. The number of hydrogen-bond acceptors (Lipinski definition) is 0. The Hall–Kier alpha value is 3.35. The van der Waals surface area contributed by atoms with E-state index in [9.17, 15) is 0 Å². The first-order valence-electron chi connectivity index (χ1n) is 0. The predicted octanol–water partition coefficient (Wildman–Crippen LogP) is -3.06. The summed E-state index contributed by atoms with van der Waals surface area (Å²) >= 11 is 0. The van der Waals surface area contributed by atoms with E-state index in [1.54, 1.807) is 0 Å². The molecule has 0 fully saturated rings. The molecular weight excluding hydrogens is 342 g/mol. The first kappa shape index (κ1) is 40.2. The van der Waals surface area contributed by atoms with Gasteiger partial charge in [-0.1, -0.05) is 0 Å². The number of hydrogen-bond donors (Lipinski definition) is 0. The molecule has 32 valence electrons. The van der Waals surface area contributed by atoms with Crippen molar-refractivity contribution in [1.29, 1.82) is 0 Å². The first-order chi connectivity index (χ1) is 0. The standard InChI is InChI=1S/2Ba.ClH.2H2O.4H/h;;1H;2*1H2;;;;. The van der Waals surface area contributed by atoms with Gasteiger partial charge in [0.05, 0.1) is 0 Å². The van der Waals surface area contributed by atoms with Crippen LogP contribution in [-0.4, -0.2) is 109 Å². The molecule has 0 atom stereocenters. The summed E-state index contributed by atoms with van der Waals surface area (Å²) in [5.41, 5.74) is 0. The van der Waals surface area contributed by atoms with E-state index in [1.807, 2.05) is 0 Å². The molecule has 0 rings (SSSR count). The summed E-state index contributed by atoms with van der Waals surface area (Å²) in [5.74, 6) is 0. The molecule has 2 nitrogen and oxygen atoms in total. The topological polar surface area (TPSA) is 63.0 Å². The van der Waals surface area contributed by atoms with E-state index in [0.29, 0.717) is 0 Å². The molecule has 0 saturated heterocycles. The molecule has 0 heterocycles. The minimum absolute atomic E-state index is 0. The molecule has 0 unspecified atom stereocenters. The summed E-state index contributed by atoms with van der Waals surface area (Å²) in [7, 11) is 0. The molecule has 5 heteroatoms. The third-order valence-electron chi connectivity index (χ3n) is 0. The number of halogens is 1. The van der Waals surface area contributed by atoms with Gasteiger partial charge in [0.1, 0.15) is 0 Å². The summed E-state index contributed by atoms with van der Waals surface area (Å²) in [5, 5.41) is 0. The van der Waals surface area contributed by atoms with Gasteiger partial charge in [0.15, 0.2) is 0 Å². The Bertz CT molecular complexity index is 7.61. The number of rotatable bonds is 0. The van der Waals surface area contributed by atoms with Gasteiger partial charge < -0.3 is 11.0 Å². The maximum atomic E-state index is 0. The zero-order valence-electron chi connectivity index (χ0n) is 1.41. The molecular formula is H9Ba2ClO2. The van der Waals surface area contributed by atoms with Gasteiger partial charge in [-0.15, -0.1) is 12.4 Å². The van der Waals surface area contributed by atoms with Crippen molar-refractivity contribution in [2.24, 2.45) is 0 Å². The molecule has 0 aliphatic carbocycles. The van der Waals surface area contributed by atoms with E-state index in [-0.39, 0.29) is 121 Å². The van der Waals surface area contributed by atoms with Crippen molar-refractivity contribution in [2.75, 3.05) is 0 Å². The fraction of sp³-hybridized carbons (Fsp3) is 0. The monoisotopic (exact) mass is 352 g/mol. The van der Waals surface area contributed by atoms with Crippen molar-refractivity contribution in [1.82, 2.24) is 0 Å². The van der Waals surface area contributed by atoms with Gasteiger partial charge in [-0.25, -0.2) is 0 Å². The van der Waals surface area contributed by atoms with Crippen LogP contribution in [0.3, 0.4) is 0 Å². The fourth-order valence-electron chi connectivity index (χ4n) is 0. The van der Waals surface area contributed by atoms with Gasteiger partial charge in [-0.2, -0.15) is 0 Å². The van der Waals surface area contributed by atoms with Crippen LogP contribution in [-0.2, 0) is 0 Å². The van der Waals surface area contributed by atoms with Crippen LogP contribution < -0.4 is 0 Å². The third-order valence-corrected chi connectivity index (χ3v) is 0. The van der Waals surface area contributed by atoms with Crippen molar-refractivity contribution in [3.63, 3.8) is 0 Å². The van der Waals surface area contributed by atoms with Gasteiger partial charge in [-0.05, 0) is 0 Å². The second kappa shape index (κ2) is 26.4. The third kappa shape index (κ3) is 18.7. The average molecular weight is 351 g/mol. The molecule has 0 aliphatic heterocycles. The van der Waals surface area contributed by atoms with Gasteiger partial charge in [0.25, 0.3) is 0 Å². The quantitative estimate of drug-likeness (QED) is 0.416. The van der Waals surface area contributed by atoms with Crippen molar-refractivity contribution in [2.45, 2.75) is 0 Å². The molecule has 0 saturated carbocycles. The van der Waals surface area contributed by atoms with Crippen molar-refractivity contribution < 1.29 is 11.0 Å². The molecule has 0 aliphatic rings. The Balaban J connectivity index is 0. The van der Waals surface area contributed by atoms with Gasteiger partial charge in [-0.3, -0.25) is 0 Å². The van der Waals surface area contributed by atoms with Crippen LogP contribution in [0.25, 0.3) is 0 Å². The minimum atomic E-state index is 0. The summed E-state index contributed by atoms with van der Waals surface area (Å²) in [6, 6.07) is 0. The Morgan fingerprint density at radius 1 is 0.600 bits per heavy atom. The molecule has 0 spiro atoms. The Morgan fingerprint density at radius 3 is 0.600 bits per heavy atom. The summed E-state index contributed by atoms with van der Waals surface area (Å²) in [6.45, 7) is 0. The SMILES string of the molecule is Cl.O.O.[BaH2].[BaH2]. The molecule has 0 aromatic heterocycles. The van der Waals surface area contributed by atoms with Crippen LogP contribution in [0.5, 0.6) is 0 Å². The van der Waals surface area contributed by atoms with Crippen LogP contribution in [0.1, 0.15) is 0 Å². The Kier molecular flexibility index (Phi) is 212.